The molecular formula is C23H23NO5S. The summed E-state index contributed by atoms with van der Waals surface area (Å²) in [5.74, 6) is -0.944. The van der Waals surface area contributed by atoms with Crippen LogP contribution in [0.15, 0.2) is 83.8 Å². The molecule has 0 aliphatic carbocycles. The summed E-state index contributed by atoms with van der Waals surface area (Å²) in [7, 11) is -3.97. The van der Waals surface area contributed by atoms with Gasteiger partial charge >= 0.3 is 16.1 Å². The summed E-state index contributed by atoms with van der Waals surface area (Å²) in [6, 6.07) is 21.9. The number of benzene rings is 3. The van der Waals surface area contributed by atoms with E-state index in [1.54, 1.807) is 24.3 Å². The molecule has 3 aromatic carbocycles. The largest absolute Gasteiger partial charge is 0.480 e. The minimum absolute atomic E-state index is 0.0722. The lowest BCUT2D eigenvalue weighted by Crippen LogP contribution is -2.32. The molecule has 0 heterocycles. The Kier molecular flexibility index (Phi) is 6.87. The van der Waals surface area contributed by atoms with Gasteiger partial charge < -0.3 is 15.0 Å². The molecule has 0 unspecified atom stereocenters. The molecule has 0 fully saturated rings. The molecule has 0 aliphatic heterocycles. The van der Waals surface area contributed by atoms with Crippen LogP contribution in [0.3, 0.4) is 0 Å². The lowest BCUT2D eigenvalue weighted by atomic mass is 10.0. The Hall–Kier alpha value is -3.16. The number of aryl methyl sites for hydroxylation is 2. The van der Waals surface area contributed by atoms with Crippen LogP contribution in [-0.4, -0.2) is 25.5 Å². The monoisotopic (exact) mass is 425 g/mol. The number of aliphatic carboxylic acids is 1. The maximum absolute atomic E-state index is 12.5. The highest BCUT2D eigenvalue weighted by Crippen LogP contribution is 2.20. The molecule has 0 spiro atoms. The zero-order valence-electron chi connectivity index (χ0n) is 16.3. The second-order valence-electron chi connectivity index (χ2n) is 6.96. The van der Waals surface area contributed by atoms with Crippen LogP contribution in [0.4, 0.5) is 0 Å². The molecular weight excluding hydrogens is 402 g/mol. The maximum Gasteiger partial charge on any atom is 0.339 e. The number of hydrogen-bond donors (Lipinski definition) is 2. The van der Waals surface area contributed by atoms with Crippen molar-refractivity contribution >= 4 is 16.1 Å². The number of carboxylic acid groups (broad SMARTS) is 1. The smallest absolute Gasteiger partial charge is 0.339 e. The van der Waals surface area contributed by atoms with E-state index in [1.807, 2.05) is 18.2 Å². The summed E-state index contributed by atoms with van der Waals surface area (Å²) < 4.78 is 30.2. The third-order valence-electron chi connectivity index (χ3n) is 4.66. The standard InChI is InChI=1S/C23H23NO5S/c24-22(23(25)26)16-19-8-12-20(13-9-19)29-30(27,28)21-14-10-18(11-15-21)7-6-17-4-2-1-3-5-17/h1-5,8-15,22H,6-7,16,24H2,(H,25,26)/t22-/m0/s1. The molecule has 7 heteroatoms. The maximum atomic E-state index is 12.5. The Morgan fingerprint density at radius 2 is 1.37 bits per heavy atom. The van der Waals surface area contributed by atoms with Crippen molar-refractivity contribution in [1.82, 2.24) is 0 Å². The highest BCUT2D eigenvalue weighted by Gasteiger charge is 2.17. The first kappa shape index (κ1) is 21.5. The summed E-state index contributed by atoms with van der Waals surface area (Å²) >= 11 is 0. The van der Waals surface area contributed by atoms with Crippen LogP contribution in [0.25, 0.3) is 0 Å². The van der Waals surface area contributed by atoms with E-state index in [1.165, 1.54) is 29.8 Å². The van der Waals surface area contributed by atoms with Crippen LogP contribution in [0.2, 0.25) is 0 Å². The molecule has 0 bridgehead atoms. The molecule has 0 aliphatic rings. The van der Waals surface area contributed by atoms with Gasteiger partial charge in [0, 0.05) is 0 Å². The van der Waals surface area contributed by atoms with Crippen molar-refractivity contribution in [2.75, 3.05) is 0 Å². The van der Waals surface area contributed by atoms with Crippen molar-refractivity contribution in [2.45, 2.75) is 30.2 Å². The summed E-state index contributed by atoms with van der Waals surface area (Å²) in [6.07, 6.45) is 1.83. The van der Waals surface area contributed by atoms with E-state index in [4.69, 9.17) is 15.0 Å². The van der Waals surface area contributed by atoms with Crippen LogP contribution in [0, 0.1) is 0 Å². The summed E-state index contributed by atoms with van der Waals surface area (Å²) in [6.45, 7) is 0. The topological polar surface area (TPSA) is 107 Å². The minimum atomic E-state index is -3.97. The Balaban J connectivity index is 1.61. The fourth-order valence-corrected chi connectivity index (χ4v) is 3.88. The molecule has 0 saturated heterocycles. The molecule has 0 amide bonds. The van der Waals surface area contributed by atoms with Crippen molar-refractivity contribution < 1.29 is 22.5 Å². The van der Waals surface area contributed by atoms with Gasteiger partial charge in [-0.15, -0.1) is 0 Å². The van der Waals surface area contributed by atoms with Crippen LogP contribution in [-0.2, 0) is 34.2 Å². The van der Waals surface area contributed by atoms with Gasteiger partial charge in [0.1, 0.15) is 16.7 Å². The highest BCUT2D eigenvalue weighted by molar-refractivity contribution is 7.87. The van der Waals surface area contributed by atoms with Gasteiger partial charge in [0.25, 0.3) is 0 Å². The molecule has 0 aromatic heterocycles. The third-order valence-corrected chi connectivity index (χ3v) is 5.92. The van der Waals surface area contributed by atoms with Gasteiger partial charge in [0.05, 0.1) is 0 Å². The fourth-order valence-electron chi connectivity index (χ4n) is 2.95. The van der Waals surface area contributed by atoms with Gasteiger partial charge in [-0.25, -0.2) is 0 Å². The van der Waals surface area contributed by atoms with Gasteiger partial charge in [0.15, 0.2) is 0 Å². The molecule has 3 rings (SSSR count). The van der Waals surface area contributed by atoms with Gasteiger partial charge in [0.2, 0.25) is 0 Å². The zero-order chi connectivity index (χ0) is 21.6. The highest BCUT2D eigenvalue weighted by atomic mass is 32.2. The van der Waals surface area contributed by atoms with Crippen LogP contribution in [0.1, 0.15) is 16.7 Å². The zero-order valence-corrected chi connectivity index (χ0v) is 17.1. The fraction of sp³-hybridized carbons (Fsp3) is 0.174. The molecule has 30 heavy (non-hydrogen) atoms. The Bertz CT molecular complexity index is 1080. The average Bonchev–Trinajstić information content (AvgIpc) is 2.74. The molecule has 1 atom stereocenters. The minimum Gasteiger partial charge on any atom is -0.480 e. The van der Waals surface area contributed by atoms with Crippen molar-refractivity contribution in [1.29, 1.82) is 0 Å². The van der Waals surface area contributed by atoms with Crippen LogP contribution >= 0.6 is 0 Å². The second kappa shape index (κ2) is 9.56. The quantitative estimate of drug-likeness (QED) is 0.510. The lowest BCUT2D eigenvalue weighted by molar-refractivity contribution is -0.138. The van der Waals surface area contributed by atoms with Crippen molar-refractivity contribution in [3.05, 3.63) is 95.6 Å². The van der Waals surface area contributed by atoms with E-state index in [2.05, 4.69) is 12.1 Å². The van der Waals surface area contributed by atoms with Crippen LogP contribution < -0.4 is 9.92 Å². The van der Waals surface area contributed by atoms with E-state index < -0.39 is 22.1 Å². The van der Waals surface area contributed by atoms with Gasteiger partial charge in [-0.2, -0.15) is 8.42 Å². The number of rotatable bonds is 9. The van der Waals surface area contributed by atoms with Gasteiger partial charge in [-0.05, 0) is 60.2 Å². The molecule has 3 N–H and O–H groups in total. The number of nitrogens with two attached hydrogens (primary N) is 1. The summed E-state index contributed by atoms with van der Waals surface area (Å²) in [5.41, 5.74) is 8.45. The van der Waals surface area contributed by atoms with Crippen LogP contribution in [0.5, 0.6) is 5.75 Å². The van der Waals surface area contributed by atoms with Crippen molar-refractivity contribution in [3.63, 3.8) is 0 Å². The molecule has 0 saturated carbocycles. The first-order valence-electron chi connectivity index (χ1n) is 9.48. The summed E-state index contributed by atoms with van der Waals surface area (Å²) in [4.78, 5) is 10.9. The number of carbonyl (C=O) groups is 1. The summed E-state index contributed by atoms with van der Waals surface area (Å²) in [5, 5.41) is 8.86. The molecule has 6 nitrogen and oxygen atoms in total. The average molecular weight is 426 g/mol. The van der Waals surface area contributed by atoms with Gasteiger partial charge in [-0.1, -0.05) is 54.6 Å². The Labute approximate surface area is 176 Å². The SMILES string of the molecule is N[C@@H](Cc1ccc(OS(=O)(=O)c2ccc(CCc3ccccc3)cc2)cc1)C(=O)O. The lowest BCUT2D eigenvalue weighted by Gasteiger charge is -2.10. The predicted molar refractivity (Wildman–Crippen MR) is 114 cm³/mol. The third kappa shape index (κ3) is 5.92. The Morgan fingerprint density at radius 3 is 1.93 bits per heavy atom. The van der Waals surface area contributed by atoms with Crippen molar-refractivity contribution in [2.24, 2.45) is 5.73 Å². The number of hydrogen-bond acceptors (Lipinski definition) is 5. The first-order chi connectivity index (χ1) is 14.3. The molecule has 3 aromatic rings. The predicted octanol–water partition coefficient (Wildman–Crippen LogP) is 3.19. The molecule has 0 radical (unpaired) electrons. The van der Waals surface area contributed by atoms with E-state index in [0.717, 1.165) is 18.4 Å². The van der Waals surface area contributed by atoms with E-state index in [0.29, 0.717) is 5.56 Å². The Morgan fingerprint density at radius 1 is 0.833 bits per heavy atom. The first-order valence-corrected chi connectivity index (χ1v) is 10.9. The second-order valence-corrected chi connectivity index (χ2v) is 8.51. The van der Waals surface area contributed by atoms with E-state index in [9.17, 15) is 13.2 Å². The molecule has 156 valence electrons. The van der Waals surface area contributed by atoms with Gasteiger partial charge in [-0.3, -0.25) is 4.79 Å². The number of carboxylic acids is 1. The van der Waals surface area contributed by atoms with Crippen molar-refractivity contribution in [3.8, 4) is 5.75 Å². The van der Waals surface area contributed by atoms with E-state index in [-0.39, 0.29) is 17.1 Å². The van der Waals surface area contributed by atoms with E-state index >= 15 is 0 Å². The normalized spacial score (nSPS) is 12.3.